The predicted octanol–water partition coefficient (Wildman–Crippen LogP) is -12.0. The number of amides is 9. The van der Waals surface area contributed by atoms with E-state index in [4.69, 9.17) is 34.2 Å². The zero-order valence-electron chi connectivity index (χ0n) is 49.1. The van der Waals surface area contributed by atoms with E-state index >= 15 is 0 Å². The van der Waals surface area contributed by atoms with Crippen LogP contribution in [-0.2, 0) is 76.4 Å². The maximum Gasteiger partial charge on any atom is 0.364 e. The summed E-state index contributed by atoms with van der Waals surface area (Å²) in [6, 6.07) is -11.9. The van der Waals surface area contributed by atoms with Gasteiger partial charge in [0.25, 0.3) is 5.79 Å². The second-order valence-electron chi connectivity index (χ2n) is 22.1. The van der Waals surface area contributed by atoms with E-state index in [0.29, 0.717) is 12.8 Å². The number of likely N-dealkylation sites (tertiary alicyclic amines) is 2. The van der Waals surface area contributed by atoms with Crippen molar-refractivity contribution < 1.29 is 133 Å². The molecule has 0 saturated carbocycles. The first-order chi connectivity index (χ1) is 41.4. The Morgan fingerprint density at radius 2 is 1.28 bits per heavy atom. The topological polar surface area (TPSA) is 565 Å². The van der Waals surface area contributed by atoms with Crippen molar-refractivity contribution in [2.75, 3.05) is 53.1 Å². The van der Waals surface area contributed by atoms with Crippen molar-refractivity contribution in [3.05, 3.63) is 0 Å². The molecular weight excluding hydrogens is 1180 g/mol. The monoisotopic (exact) mass is 1270 g/mol. The molecule has 0 radical (unpaired) electrons. The van der Waals surface area contributed by atoms with Crippen LogP contribution in [0.5, 0.6) is 0 Å². The van der Waals surface area contributed by atoms with E-state index in [1.807, 2.05) is 0 Å². The van der Waals surface area contributed by atoms with E-state index in [1.165, 1.54) is 30.7 Å². The van der Waals surface area contributed by atoms with Crippen LogP contribution in [0.3, 0.4) is 0 Å². The molecule has 20 N–H and O–H groups in total. The number of hydrogen-bond acceptors (Lipinski definition) is 27. The fourth-order valence-electron chi connectivity index (χ4n) is 11.0. The number of rotatable bonds is 28. The summed E-state index contributed by atoms with van der Waals surface area (Å²) in [5.41, 5.74) is 5.32. The van der Waals surface area contributed by atoms with Gasteiger partial charge in [0.1, 0.15) is 103 Å². The minimum absolute atomic E-state index is 0.0258. The summed E-state index contributed by atoms with van der Waals surface area (Å²) < 4.78 is 35.3. The molecule has 37 nitrogen and oxygen atoms in total. The molecule has 88 heavy (non-hydrogen) atoms. The van der Waals surface area contributed by atoms with Crippen LogP contribution in [-0.4, -0.2) is 318 Å². The molecule has 12 unspecified atom stereocenters. The van der Waals surface area contributed by atoms with Gasteiger partial charge in [-0.1, -0.05) is 0 Å². The number of carboxylic acids is 1. The Morgan fingerprint density at radius 1 is 0.705 bits per heavy atom. The molecule has 0 aliphatic carbocycles. The van der Waals surface area contributed by atoms with Crippen molar-refractivity contribution >= 4 is 59.1 Å². The summed E-state index contributed by atoms with van der Waals surface area (Å²) >= 11 is 0. The molecule has 0 bridgehead atoms. The van der Waals surface area contributed by atoms with Crippen LogP contribution in [0.25, 0.3) is 0 Å². The first kappa shape index (κ1) is 72.8. The van der Waals surface area contributed by atoms with E-state index in [1.54, 1.807) is 0 Å². The number of aliphatic hydroxyl groups excluding tert-OH is 10. The highest BCUT2D eigenvalue weighted by molar-refractivity contribution is 5.97. The lowest BCUT2D eigenvalue weighted by molar-refractivity contribution is -0.382. The highest BCUT2D eigenvalue weighted by Gasteiger charge is 2.61. The van der Waals surface area contributed by atoms with Crippen molar-refractivity contribution in [2.24, 2.45) is 5.73 Å². The molecule has 23 atom stereocenters. The summed E-state index contributed by atoms with van der Waals surface area (Å²) in [6.07, 6.45) is -29.3. The highest BCUT2D eigenvalue weighted by atomic mass is 16.8. The summed E-state index contributed by atoms with van der Waals surface area (Å²) in [7, 11) is 1.41. The second-order valence-corrected chi connectivity index (χ2v) is 22.1. The molecule has 9 amide bonds. The Kier molecular flexibility index (Phi) is 26.6. The van der Waals surface area contributed by atoms with E-state index in [2.05, 4.69) is 37.2 Å². The number of nitrogens with two attached hydrogens (primary N) is 1. The molecule has 0 aromatic carbocycles. The third kappa shape index (κ3) is 17.3. The quantitative estimate of drug-likeness (QED) is 0.0346. The molecular formula is C51H84N10O27. The molecule has 5 rings (SSSR count). The first-order valence-electron chi connectivity index (χ1n) is 28.4. The normalized spacial score (nSPS) is 33.1. The molecule has 0 aromatic heterocycles. The number of likely N-dealkylation sites (N-methyl/N-ethyl adjacent to an activating group) is 1. The number of carboxylic acid groups (broad SMARTS) is 1. The van der Waals surface area contributed by atoms with E-state index in [-0.39, 0.29) is 32.5 Å². The van der Waals surface area contributed by atoms with Gasteiger partial charge in [-0.25, -0.2) is 4.79 Å². The van der Waals surface area contributed by atoms with Gasteiger partial charge in [-0.3, -0.25) is 43.2 Å². The summed E-state index contributed by atoms with van der Waals surface area (Å²) in [4.78, 5) is 135. The first-order valence-corrected chi connectivity index (χ1v) is 28.4. The van der Waals surface area contributed by atoms with Crippen molar-refractivity contribution in [2.45, 2.75) is 207 Å². The van der Waals surface area contributed by atoms with E-state index < -0.39 is 232 Å². The summed E-state index contributed by atoms with van der Waals surface area (Å²) in [5.74, 6) is -13.0. The molecule has 0 spiro atoms. The van der Waals surface area contributed by atoms with Crippen LogP contribution in [0.15, 0.2) is 0 Å². The van der Waals surface area contributed by atoms with Gasteiger partial charge in [-0.05, 0) is 53.5 Å². The van der Waals surface area contributed by atoms with Gasteiger partial charge in [-0.2, -0.15) is 0 Å². The lowest BCUT2D eigenvalue weighted by atomic mass is 9.88. The zero-order valence-corrected chi connectivity index (χ0v) is 49.1. The molecule has 5 heterocycles. The molecule has 5 saturated heterocycles. The fraction of sp³-hybridized carbons (Fsp3) is 0.804. The summed E-state index contributed by atoms with van der Waals surface area (Å²) in [5, 5.41) is 136. The van der Waals surface area contributed by atoms with Crippen molar-refractivity contribution in [3.8, 4) is 0 Å². The van der Waals surface area contributed by atoms with Crippen molar-refractivity contribution in [1.29, 1.82) is 0 Å². The Bertz CT molecular complexity index is 2470. The highest BCUT2D eigenvalue weighted by Crippen LogP contribution is 2.39. The SMILES string of the molecule is CNCC(=O)NC(CO)C(=O)NC(C(=O)NC(C)C(=O)N1CCCC1C(=O)N1CCCC1C(=O)NC(C)C(N)=O)C(C)O[C@H]1OC(CO)[C@H](O)[C@H](O[C@@H]2OC(CO)[C@H](O)[C@H](O[C@]3(C(=O)O)C[C@@H](O)[C@@H](NC(C)=O)C([C@H](O)[C@H](O)CO)O3)C2O)C1NC(C)=O. The molecule has 5 fully saturated rings. The number of hydrogen-bond donors (Lipinski definition) is 19. The van der Waals surface area contributed by atoms with Crippen LogP contribution < -0.4 is 43.0 Å². The van der Waals surface area contributed by atoms with Gasteiger partial charge in [0.05, 0.1) is 51.2 Å². The molecule has 0 aromatic rings. The van der Waals surface area contributed by atoms with Gasteiger partial charge in [0.15, 0.2) is 12.6 Å². The Labute approximate surface area is 503 Å². The van der Waals surface area contributed by atoms with Crippen molar-refractivity contribution in [3.63, 3.8) is 0 Å². The lowest BCUT2D eigenvalue weighted by Crippen LogP contribution is -2.71. The maximum atomic E-state index is 14.6. The number of carbonyl (C=O) groups is 10. The fourth-order valence-corrected chi connectivity index (χ4v) is 11.0. The number of primary amides is 1. The number of nitrogens with zero attached hydrogens (tertiary/aromatic N) is 2. The molecule has 500 valence electrons. The van der Waals surface area contributed by atoms with Gasteiger partial charge in [0, 0.05) is 33.4 Å². The largest absolute Gasteiger partial charge is 0.477 e. The number of aliphatic hydroxyl groups is 10. The van der Waals surface area contributed by atoms with Gasteiger partial charge in [-0.15, -0.1) is 0 Å². The smallest absolute Gasteiger partial charge is 0.364 e. The number of aliphatic carboxylic acids is 1. The lowest BCUT2D eigenvalue weighted by Gasteiger charge is -2.51. The average Bonchev–Trinajstić information content (AvgIpc) is 2.04. The summed E-state index contributed by atoms with van der Waals surface area (Å²) in [6.45, 7) is 1.18. The van der Waals surface area contributed by atoms with E-state index in [0.717, 1.165) is 20.8 Å². The van der Waals surface area contributed by atoms with E-state index in [9.17, 15) is 104 Å². The standard InChI is InChI=1S/C51H84N10O27/c1-19(42(52)75)54-44(77)25-9-7-11-60(25)47(80)26-10-8-12-61(26)46(79)20(2)55-45(78)32(59-43(76)24(15-62)58-31(70)14-53-6)21(3)83-48-34(57-23(5)67)39(36(72)29(17-64)84-48)86-49-38(74)41(37(73)30(18-65)85-49)88-51(50(81)82)13-27(68)33(56-22(4)66)40(87-51)35(71)28(69)16-63/h19-21,24-30,32-41,48-49,53,62-65,68-69,71-74H,7-18H2,1-6H3,(H2,52,75)(H,54,77)(H,55,78)(H,56,66)(H,57,67)(H,58,70)(H,59,76)(H,81,82)/t19?,20?,21?,24?,25?,26?,27-,28-,29?,30?,32?,33-,34?,35-,36+,37+,38?,39-,40?,41+,48+,49+,51+/m1/s1. The van der Waals surface area contributed by atoms with Crippen LogP contribution in [0.4, 0.5) is 0 Å². The third-order valence-electron chi connectivity index (χ3n) is 15.6. The maximum absolute atomic E-state index is 14.6. The second kappa shape index (κ2) is 32.2. The van der Waals surface area contributed by atoms with Gasteiger partial charge in [0.2, 0.25) is 53.2 Å². The van der Waals surface area contributed by atoms with Crippen LogP contribution >= 0.6 is 0 Å². The number of carbonyl (C=O) groups excluding carboxylic acids is 9. The van der Waals surface area contributed by atoms with Gasteiger partial charge >= 0.3 is 5.97 Å². The minimum Gasteiger partial charge on any atom is -0.477 e. The Morgan fingerprint density at radius 3 is 1.84 bits per heavy atom. The van der Waals surface area contributed by atoms with Crippen LogP contribution in [0.1, 0.15) is 66.7 Å². The number of nitrogens with one attached hydrogen (secondary N) is 7. The minimum atomic E-state index is -3.22. The zero-order chi connectivity index (χ0) is 65.8. The van der Waals surface area contributed by atoms with Crippen molar-refractivity contribution in [1.82, 2.24) is 47.0 Å². The molecule has 5 aliphatic heterocycles. The average molecular weight is 1270 g/mol. The Hall–Kier alpha value is -5.98. The van der Waals surface area contributed by atoms with Crippen LogP contribution in [0.2, 0.25) is 0 Å². The van der Waals surface area contributed by atoms with Crippen LogP contribution in [0, 0.1) is 0 Å². The predicted molar refractivity (Wildman–Crippen MR) is 289 cm³/mol. The Balaban J connectivity index is 1.45. The number of ether oxygens (including phenoxy) is 6. The van der Waals surface area contributed by atoms with Gasteiger partial charge < -0.3 is 137 Å². The molecule has 37 heteroatoms. The third-order valence-corrected chi connectivity index (χ3v) is 15.6. The molecule has 5 aliphatic rings.